The maximum atomic E-state index is 10.9. The van der Waals surface area contributed by atoms with Crippen molar-refractivity contribution in [1.82, 2.24) is 19.5 Å². The van der Waals surface area contributed by atoms with Crippen LogP contribution in [0.4, 0.5) is 0 Å². The van der Waals surface area contributed by atoms with E-state index in [0.29, 0.717) is 22.2 Å². The quantitative estimate of drug-likeness (QED) is 0.520. The number of aromatic hydroxyl groups is 1. The summed E-state index contributed by atoms with van der Waals surface area (Å²) in [4.78, 5) is 7.73. The third kappa shape index (κ3) is 2.99. The average Bonchev–Trinajstić information content (AvgIpc) is 3.20. The first-order valence-electron chi connectivity index (χ1n) is 8.97. The standard InChI is InChI=1S/C20H22N4O3S/c1-12-21-20-24(22-12)19(26)18(28-20)17(23(2)10-11-25)16-14-7-5-4-6-13(14)8-9-15(16)27-3/h4-9,17,25-26H,10-11H2,1-3H3. The van der Waals surface area contributed by atoms with Crippen LogP contribution < -0.4 is 4.74 Å². The van der Waals surface area contributed by atoms with E-state index in [1.165, 1.54) is 15.9 Å². The summed E-state index contributed by atoms with van der Waals surface area (Å²) < 4.78 is 7.16. The van der Waals surface area contributed by atoms with Crippen molar-refractivity contribution >= 4 is 27.1 Å². The molecule has 0 bridgehead atoms. The second kappa shape index (κ2) is 7.38. The summed E-state index contributed by atoms with van der Waals surface area (Å²) >= 11 is 1.39. The molecule has 0 aliphatic heterocycles. The second-order valence-electron chi connectivity index (χ2n) is 6.65. The highest BCUT2D eigenvalue weighted by molar-refractivity contribution is 7.17. The number of nitrogens with zero attached hydrogens (tertiary/aromatic N) is 4. The molecule has 0 aliphatic carbocycles. The fourth-order valence-corrected chi connectivity index (χ4v) is 4.78. The Labute approximate surface area is 166 Å². The van der Waals surface area contributed by atoms with Gasteiger partial charge in [0.2, 0.25) is 10.8 Å². The minimum absolute atomic E-state index is 0.000706. The highest BCUT2D eigenvalue weighted by atomic mass is 32.1. The van der Waals surface area contributed by atoms with E-state index in [-0.39, 0.29) is 18.5 Å². The minimum atomic E-state index is -0.331. The number of aryl methyl sites for hydroxylation is 1. The van der Waals surface area contributed by atoms with E-state index in [1.807, 2.05) is 48.3 Å². The number of ether oxygens (including phenoxy) is 1. The van der Waals surface area contributed by atoms with Crippen LogP contribution in [0.5, 0.6) is 11.6 Å². The lowest BCUT2D eigenvalue weighted by molar-refractivity contribution is 0.195. The highest BCUT2D eigenvalue weighted by Crippen LogP contribution is 2.44. The number of likely N-dealkylation sites (N-methyl/N-ethyl adjacent to an activating group) is 1. The zero-order valence-corrected chi connectivity index (χ0v) is 16.8. The van der Waals surface area contributed by atoms with Gasteiger partial charge in [0.1, 0.15) is 11.6 Å². The van der Waals surface area contributed by atoms with E-state index in [9.17, 15) is 10.2 Å². The lowest BCUT2D eigenvalue weighted by atomic mass is 9.95. The summed E-state index contributed by atoms with van der Waals surface area (Å²) in [5.41, 5.74) is 0.938. The van der Waals surface area contributed by atoms with Crippen LogP contribution in [0.1, 0.15) is 22.3 Å². The van der Waals surface area contributed by atoms with E-state index < -0.39 is 0 Å². The monoisotopic (exact) mass is 398 g/mol. The first-order chi connectivity index (χ1) is 13.5. The van der Waals surface area contributed by atoms with Gasteiger partial charge in [-0.3, -0.25) is 4.90 Å². The lowest BCUT2D eigenvalue weighted by Gasteiger charge is -2.29. The molecule has 146 valence electrons. The SMILES string of the molecule is COc1ccc2ccccc2c1C(c1sc2nc(C)nn2c1O)N(C)CCO. The average molecular weight is 398 g/mol. The molecule has 2 aromatic heterocycles. The Morgan fingerprint density at radius 1 is 1.25 bits per heavy atom. The molecule has 2 aromatic carbocycles. The summed E-state index contributed by atoms with van der Waals surface area (Å²) in [6, 6.07) is 11.7. The Balaban J connectivity index is 2.00. The normalized spacial score (nSPS) is 12.9. The van der Waals surface area contributed by atoms with Crippen molar-refractivity contribution in [1.29, 1.82) is 0 Å². The molecule has 28 heavy (non-hydrogen) atoms. The van der Waals surface area contributed by atoms with Crippen molar-refractivity contribution in [3.05, 3.63) is 52.7 Å². The van der Waals surface area contributed by atoms with Gasteiger partial charge in [0.25, 0.3) is 0 Å². The molecule has 0 fully saturated rings. The van der Waals surface area contributed by atoms with E-state index >= 15 is 0 Å². The molecule has 0 saturated heterocycles. The van der Waals surface area contributed by atoms with Gasteiger partial charge in [0.15, 0.2) is 0 Å². The zero-order valence-electron chi connectivity index (χ0n) is 16.0. The van der Waals surface area contributed by atoms with Gasteiger partial charge in [-0.15, -0.1) is 5.10 Å². The van der Waals surface area contributed by atoms with E-state index in [1.54, 1.807) is 14.0 Å². The second-order valence-corrected chi connectivity index (χ2v) is 7.66. The van der Waals surface area contributed by atoms with Crippen LogP contribution >= 0.6 is 11.3 Å². The number of thiazole rings is 1. The number of benzene rings is 2. The molecule has 7 nitrogen and oxygen atoms in total. The van der Waals surface area contributed by atoms with Crippen molar-refractivity contribution in [2.24, 2.45) is 0 Å². The Bertz CT molecular complexity index is 1140. The molecule has 8 heteroatoms. The minimum Gasteiger partial charge on any atom is -0.496 e. The van der Waals surface area contributed by atoms with Gasteiger partial charge in [-0.05, 0) is 30.8 Å². The number of aliphatic hydroxyl groups excluding tert-OH is 1. The van der Waals surface area contributed by atoms with Crippen LogP contribution in [0.2, 0.25) is 0 Å². The molecule has 4 aromatic rings. The van der Waals surface area contributed by atoms with Crippen LogP contribution in [0.15, 0.2) is 36.4 Å². The molecule has 2 heterocycles. The van der Waals surface area contributed by atoms with Crippen molar-refractivity contribution in [3.63, 3.8) is 0 Å². The predicted molar refractivity (Wildman–Crippen MR) is 109 cm³/mol. The summed E-state index contributed by atoms with van der Waals surface area (Å²) in [5, 5.41) is 26.9. The van der Waals surface area contributed by atoms with Crippen LogP contribution in [0.3, 0.4) is 0 Å². The maximum Gasteiger partial charge on any atom is 0.230 e. The van der Waals surface area contributed by atoms with Gasteiger partial charge < -0.3 is 14.9 Å². The predicted octanol–water partition coefficient (Wildman–Crippen LogP) is 2.98. The number of aliphatic hydroxyl groups is 1. The molecule has 1 atom stereocenters. The lowest BCUT2D eigenvalue weighted by Crippen LogP contribution is -2.28. The molecule has 0 radical (unpaired) electrons. The summed E-state index contributed by atoms with van der Waals surface area (Å²) in [5.74, 6) is 1.39. The highest BCUT2D eigenvalue weighted by Gasteiger charge is 2.31. The summed E-state index contributed by atoms with van der Waals surface area (Å²) in [7, 11) is 3.56. The smallest absolute Gasteiger partial charge is 0.230 e. The number of fused-ring (bicyclic) bond motifs is 2. The zero-order chi connectivity index (χ0) is 19.8. The summed E-state index contributed by atoms with van der Waals surface area (Å²) in [6.07, 6.45) is 0. The van der Waals surface area contributed by atoms with Crippen molar-refractivity contribution in [2.45, 2.75) is 13.0 Å². The Hall–Kier alpha value is -2.68. The Kier molecular flexibility index (Phi) is 4.92. The van der Waals surface area contributed by atoms with Gasteiger partial charge in [-0.25, -0.2) is 4.98 Å². The molecule has 2 N–H and O–H groups in total. The van der Waals surface area contributed by atoms with Gasteiger partial charge >= 0.3 is 0 Å². The number of hydrogen-bond donors (Lipinski definition) is 2. The summed E-state index contributed by atoms with van der Waals surface area (Å²) in [6.45, 7) is 2.23. The fourth-order valence-electron chi connectivity index (χ4n) is 3.60. The van der Waals surface area contributed by atoms with Gasteiger partial charge in [0, 0.05) is 12.1 Å². The number of methoxy groups -OCH3 is 1. The van der Waals surface area contributed by atoms with Crippen LogP contribution in [0, 0.1) is 6.92 Å². The van der Waals surface area contributed by atoms with E-state index in [4.69, 9.17) is 4.74 Å². The van der Waals surface area contributed by atoms with Crippen molar-refractivity contribution in [3.8, 4) is 11.6 Å². The van der Waals surface area contributed by atoms with Crippen LogP contribution in [-0.2, 0) is 0 Å². The fraction of sp³-hybridized carbons (Fsp3) is 0.300. The number of rotatable bonds is 6. The molecular formula is C20H22N4O3S. The molecular weight excluding hydrogens is 376 g/mol. The third-order valence-corrected chi connectivity index (χ3v) is 5.94. The number of hydrogen-bond acceptors (Lipinski definition) is 7. The van der Waals surface area contributed by atoms with Crippen LogP contribution in [0.25, 0.3) is 15.7 Å². The molecule has 4 rings (SSSR count). The van der Waals surface area contributed by atoms with E-state index in [2.05, 4.69) is 10.1 Å². The topological polar surface area (TPSA) is 83.1 Å². The van der Waals surface area contributed by atoms with Gasteiger partial charge in [-0.1, -0.05) is 41.7 Å². The van der Waals surface area contributed by atoms with Gasteiger partial charge in [-0.2, -0.15) is 4.52 Å². The first-order valence-corrected chi connectivity index (χ1v) is 9.78. The van der Waals surface area contributed by atoms with Crippen molar-refractivity contribution < 1.29 is 14.9 Å². The number of aromatic nitrogens is 3. The Morgan fingerprint density at radius 2 is 2.04 bits per heavy atom. The van der Waals surface area contributed by atoms with Crippen molar-refractivity contribution in [2.75, 3.05) is 27.3 Å². The molecule has 0 aliphatic rings. The first kappa shape index (κ1) is 18.7. The third-order valence-electron chi connectivity index (χ3n) is 4.87. The van der Waals surface area contributed by atoms with Crippen LogP contribution in [-0.4, -0.2) is 57.0 Å². The van der Waals surface area contributed by atoms with Gasteiger partial charge in [0.05, 0.1) is 24.6 Å². The Morgan fingerprint density at radius 3 is 2.75 bits per heavy atom. The van der Waals surface area contributed by atoms with E-state index in [0.717, 1.165) is 22.1 Å². The molecule has 0 spiro atoms. The maximum absolute atomic E-state index is 10.9. The molecule has 0 saturated carbocycles. The largest absolute Gasteiger partial charge is 0.496 e. The molecule has 1 unspecified atom stereocenters. The molecule has 0 amide bonds.